The highest BCUT2D eigenvalue weighted by Gasteiger charge is 2.43. The molecule has 2 aromatic rings. The molecule has 1 heterocycles. The third-order valence-electron chi connectivity index (χ3n) is 8.08. The molecular formula is C37H48N2O8. The van der Waals surface area contributed by atoms with Gasteiger partial charge in [-0.3, -0.25) is 4.90 Å². The highest BCUT2D eigenvalue weighted by atomic mass is 16.6. The number of carbonyl (C=O) groups is 4. The lowest BCUT2D eigenvalue weighted by Gasteiger charge is -2.32. The van der Waals surface area contributed by atoms with Crippen LogP contribution in [-0.4, -0.2) is 71.6 Å². The van der Waals surface area contributed by atoms with E-state index in [0.29, 0.717) is 25.7 Å². The lowest BCUT2D eigenvalue weighted by atomic mass is 9.98. The number of amides is 2. The number of fused-ring (bicyclic) bond motifs is 3. The predicted molar refractivity (Wildman–Crippen MR) is 178 cm³/mol. The smallest absolute Gasteiger partial charge is 0.411 e. The van der Waals surface area contributed by atoms with E-state index in [1.165, 1.54) is 11.0 Å². The zero-order valence-electron chi connectivity index (χ0n) is 28.4. The van der Waals surface area contributed by atoms with Gasteiger partial charge in [-0.15, -0.1) is 0 Å². The fraction of sp³-hybridized carbons (Fsp3) is 0.514. The van der Waals surface area contributed by atoms with Crippen LogP contribution in [-0.2, 0) is 28.5 Å². The van der Waals surface area contributed by atoms with Crippen molar-refractivity contribution >= 4 is 24.1 Å². The van der Waals surface area contributed by atoms with Crippen molar-refractivity contribution in [2.45, 2.75) is 109 Å². The standard InChI is InChI=1S/C37H48N2O8/c1-8-22-44-33(41)31-21-20-24(39(31)35(43)47-37(5,6)7)14-13-19-30(32(40)46-36(2,3)4)38-34(42)45-23-29-27-17-11-9-15-25(27)26-16-10-12-18-28(26)29/h8-12,15-18,24,29-31H,1,13-14,19-23H2,2-7H3,(H,38,42)/t24?,30-,31-/m0/s1. The number of alkyl carbamates (subject to hydrolysis) is 1. The molecule has 0 saturated carbocycles. The minimum absolute atomic E-state index is 0.0429. The normalized spacial score (nSPS) is 18.0. The van der Waals surface area contributed by atoms with Gasteiger partial charge >= 0.3 is 24.1 Å². The molecule has 0 aromatic heterocycles. The van der Waals surface area contributed by atoms with E-state index in [2.05, 4.69) is 24.0 Å². The number of esters is 2. The van der Waals surface area contributed by atoms with E-state index >= 15 is 0 Å². The highest BCUT2D eigenvalue weighted by Crippen LogP contribution is 2.44. The summed E-state index contributed by atoms with van der Waals surface area (Å²) >= 11 is 0. The molecule has 1 aliphatic heterocycles. The topological polar surface area (TPSA) is 120 Å². The van der Waals surface area contributed by atoms with E-state index in [1.54, 1.807) is 41.5 Å². The Balaban J connectivity index is 1.41. The number of rotatable bonds is 11. The molecule has 2 aliphatic rings. The van der Waals surface area contributed by atoms with Gasteiger partial charge in [0, 0.05) is 12.0 Å². The maximum Gasteiger partial charge on any atom is 0.411 e. The third kappa shape index (κ3) is 9.36. The molecule has 1 unspecified atom stereocenters. The van der Waals surface area contributed by atoms with Crippen LogP contribution in [0.2, 0.25) is 0 Å². The quantitative estimate of drug-likeness (QED) is 0.159. The molecule has 10 nitrogen and oxygen atoms in total. The molecule has 1 fully saturated rings. The molecule has 3 atom stereocenters. The maximum atomic E-state index is 13.2. The average Bonchev–Trinajstić information content (AvgIpc) is 3.56. The van der Waals surface area contributed by atoms with Gasteiger partial charge < -0.3 is 24.3 Å². The van der Waals surface area contributed by atoms with Crippen molar-refractivity contribution < 1.29 is 38.1 Å². The SMILES string of the molecule is C=CCOC(=O)[C@@H]1CCC(CCC[C@H](NC(=O)OCC2c3ccccc3-c3ccccc32)C(=O)OC(C)(C)C)N1C(=O)OC(C)(C)C. The van der Waals surface area contributed by atoms with Crippen molar-refractivity contribution in [1.29, 1.82) is 0 Å². The van der Waals surface area contributed by atoms with Crippen LogP contribution < -0.4 is 5.32 Å². The zero-order valence-corrected chi connectivity index (χ0v) is 28.4. The summed E-state index contributed by atoms with van der Waals surface area (Å²) in [6.45, 7) is 14.3. The number of carbonyl (C=O) groups excluding carboxylic acids is 4. The summed E-state index contributed by atoms with van der Waals surface area (Å²) < 4.78 is 22.2. The lowest BCUT2D eigenvalue weighted by molar-refractivity contribution is -0.157. The Morgan fingerprint density at radius 1 is 0.894 bits per heavy atom. The van der Waals surface area contributed by atoms with Gasteiger partial charge in [0.15, 0.2) is 0 Å². The van der Waals surface area contributed by atoms with Crippen molar-refractivity contribution in [1.82, 2.24) is 10.2 Å². The van der Waals surface area contributed by atoms with E-state index in [9.17, 15) is 19.2 Å². The Bertz CT molecular complexity index is 1410. The molecule has 0 radical (unpaired) electrons. The number of hydrogen-bond acceptors (Lipinski definition) is 8. The molecular weight excluding hydrogens is 600 g/mol. The zero-order chi connectivity index (χ0) is 34.4. The van der Waals surface area contributed by atoms with Crippen molar-refractivity contribution in [2.24, 2.45) is 0 Å². The molecule has 254 valence electrons. The number of hydrogen-bond donors (Lipinski definition) is 1. The molecule has 1 saturated heterocycles. The molecule has 4 rings (SSSR count). The summed E-state index contributed by atoms with van der Waals surface area (Å²) in [7, 11) is 0. The summed E-state index contributed by atoms with van der Waals surface area (Å²) in [5, 5.41) is 2.73. The Kier molecular flexibility index (Phi) is 11.4. The van der Waals surface area contributed by atoms with Crippen LogP contribution in [0.1, 0.15) is 90.7 Å². The predicted octanol–water partition coefficient (Wildman–Crippen LogP) is 6.90. The Hall–Kier alpha value is -4.34. The number of ether oxygens (including phenoxy) is 4. The highest BCUT2D eigenvalue weighted by molar-refractivity contribution is 5.83. The van der Waals surface area contributed by atoms with Gasteiger partial charge in [-0.2, -0.15) is 0 Å². The summed E-state index contributed by atoms with van der Waals surface area (Å²) in [5.41, 5.74) is 2.88. The molecule has 1 N–H and O–H groups in total. The van der Waals surface area contributed by atoms with Gasteiger partial charge in [0.1, 0.15) is 36.5 Å². The fourth-order valence-electron chi connectivity index (χ4n) is 6.19. The maximum absolute atomic E-state index is 13.2. The minimum Gasteiger partial charge on any atom is -0.460 e. The van der Waals surface area contributed by atoms with Crippen molar-refractivity contribution in [3.05, 3.63) is 72.3 Å². The van der Waals surface area contributed by atoms with Crippen LogP contribution in [0.5, 0.6) is 0 Å². The van der Waals surface area contributed by atoms with Crippen LogP contribution in [0.15, 0.2) is 61.2 Å². The summed E-state index contributed by atoms with van der Waals surface area (Å²) in [6, 6.07) is 14.0. The first-order chi connectivity index (χ1) is 22.2. The van der Waals surface area contributed by atoms with Gasteiger partial charge in [-0.25, -0.2) is 19.2 Å². The largest absolute Gasteiger partial charge is 0.460 e. The van der Waals surface area contributed by atoms with E-state index in [1.807, 2.05) is 36.4 Å². The molecule has 0 bridgehead atoms. The fourth-order valence-corrected chi connectivity index (χ4v) is 6.19. The molecule has 2 amide bonds. The minimum atomic E-state index is -0.977. The van der Waals surface area contributed by atoms with E-state index in [0.717, 1.165) is 22.3 Å². The Morgan fingerprint density at radius 3 is 2.06 bits per heavy atom. The van der Waals surface area contributed by atoms with Crippen LogP contribution in [0.4, 0.5) is 9.59 Å². The van der Waals surface area contributed by atoms with Gasteiger partial charge in [-0.1, -0.05) is 61.2 Å². The Labute approximate surface area is 277 Å². The average molecular weight is 649 g/mol. The third-order valence-corrected chi connectivity index (χ3v) is 8.08. The number of benzene rings is 2. The molecule has 2 aromatic carbocycles. The summed E-state index contributed by atoms with van der Waals surface area (Å²) in [6.07, 6.45) is 2.30. The molecule has 0 spiro atoms. The van der Waals surface area contributed by atoms with Crippen LogP contribution in [0.25, 0.3) is 11.1 Å². The van der Waals surface area contributed by atoms with Gasteiger partial charge in [-0.05, 0) is 95.9 Å². The lowest BCUT2D eigenvalue weighted by Crippen LogP contribution is -2.48. The molecule has 47 heavy (non-hydrogen) atoms. The second-order valence-corrected chi connectivity index (χ2v) is 14.0. The van der Waals surface area contributed by atoms with E-state index < -0.39 is 47.4 Å². The first-order valence-electron chi connectivity index (χ1n) is 16.3. The van der Waals surface area contributed by atoms with E-state index in [-0.39, 0.29) is 31.6 Å². The molecule has 1 aliphatic carbocycles. The van der Waals surface area contributed by atoms with Crippen LogP contribution >= 0.6 is 0 Å². The first kappa shape index (κ1) is 35.5. The monoisotopic (exact) mass is 648 g/mol. The number of nitrogens with zero attached hydrogens (tertiary/aromatic N) is 1. The van der Waals surface area contributed by atoms with Crippen LogP contribution in [0, 0.1) is 0 Å². The van der Waals surface area contributed by atoms with Gasteiger partial charge in [0.05, 0.1) is 0 Å². The summed E-state index contributed by atoms with van der Waals surface area (Å²) in [4.78, 5) is 53.9. The first-order valence-corrected chi connectivity index (χ1v) is 16.3. The van der Waals surface area contributed by atoms with Gasteiger partial charge in [0.25, 0.3) is 0 Å². The molecule has 10 heteroatoms. The van der Waals surface area contributed by atoms with Gasteiger partial charge in [0.2, 0.25) is 0 Å². The van der Waals surface area contributed by atoms with E-state index in [4.69, 9.17) is 18.9 Å². The van der Waals surface area contributed by atoms with Crippen molar-refractivity contribution in [3.63, 3.8) is 0 Å². The second-order valence-electron chi connectivity index (χ2n) is 14.0. The summed E-state index contributed by atoms with van der Waals surface area (Å²) in [5.74, 6) is -1.21. The number of likely N-dealkylation sites (tertiary alicyclic amines) is 1. The van der Waals surface area contributed by atoms with Crippen molar-refractivity contribution in [3.8, 4) is 11.1 Å². The number of nitrogens with one attached hydrogen (secondary N) is 1. The van der Waals surface area contributed by atoms with Crippen molar-refractivity contribution in [2.75, 3.05) is 13.2 Å². The Morgan fingerprint density at radius 2 is 1.49 bits per heavy atom. The second kappa shape index (κ2) is 15.0. The van der Waals surface area contributed by atoms with Crippen LogP contribution in [0.3, 0.4) is 0 Å².